The Bertz CT molecular complexity index is 1700. The Morgan fingerprint density at radius 1 is 1.16 bits per heavy atom. The molecule has 4 aromatic rings. The maximum atomic E-state index is 12.5. The molecule has 2 aliphatic rings. The number of carbonyl (C=O) groups excluding carboxylic acids is 1. The van der Waals surface area contributed by atoms with Crippen molar-refractivity contribution in [3.05, 3.63) is 77.9 Å². The molecular weight excluding hydrogens is 544 g/mol. The number of benzene rings is 2. The van der Waals surface area contributed by atoms with Crippen LogP contribution in [0.1, 0.15) is 24.1 Å². The minimum atomic E-state index is -0.289. The molecule has 0 aliphatic carbocycles. The lowest BCUT2D eigenvalue weighted by Gasteiger charge is -2.39. The molecule has 0 spiro atoms. The number of ether oxygens (including phenoxy) is 2. The Hall–Kier alpha value is -4.69. The van der Waals surface area contributed by atoms with Crippen molar-refractivity contribution >= 4 is 28.1 Å². The second kappa shape index (κ2) is 12.3. The molecule has 4 heterocycles. The fraction of sp³-hybridized carbons (Fsp3) is 0.406. The third kappa shape index (κ3) is 5.58. The lowest BCUT2D eigenvalue weighted by molar-refractivity contribution is -0.128. The first kappa shape index (κ1) is 28.4. The number of imidazole rings is 1. The minimum Gasteiger partial charge on any atom is -0.496 e. The summed E-state index contributed by atoms with van der Waals surface area (Å²) in [7, 11) is 3.80. The Labute approximate surface area is 251 Å². The van der Waals surface area contributed by atoms with Gasteiger partial charge in [0.25, 0.3) is 0 Å². The van der Waals surface area contributed by atoms with Gasteiger partial charge in [0.2, 0.25) is 12.5 Å². The van der Waals surface area contributed by atoms with Crippen molar-refractivity contribution in [1.29, 1.82) is 0 Å². The van der Waals surface area contributed by atoms with E-state index in [1.165, 1.54) is 6.08 Å². The molecule has 222 valence electrons. The molecule has 1 amide bonds. The van der Waals surface area contributed by atoms with Crippen LogP contribution in [0.2, 0.25) is 0 Å². The fourth-order valence-corrected chi connectivity index (χ4v) is 6.23. The highest BCUT2D eigenvalue weighted by molar-refractivity contribution is 5.91. The van der Waals surface area contributed by atoms with Crippen LogP contribution in [0.3, 0.4) is 0 Å². The van der Waals surface area contributed by atoms with Crippen LogP contribution in [-0.2, 0) is 11.2 Å². The summed E-state index contributed by atoms with van der Waals surface area (Å²) in [5, 5.41) is 6.98. The molecule has 0 N–H and O–H groups in total. The van der Waals surface area contributed by atoms with Crippen LogP contribution in [-0.4, -0.2) is 101 Å². The summed E-state index contributed by atoms with van der Waals surface area (Å²) in [6, 6.07) is 12.6. The molecule has 11 nitrogen and oxygen atoms in total. The predicted octanol–water partition coefficient (Wildman–Crippen LogP) is 3.47. The number of nitrogens with zero attached hydrogens (tertiary/aromatic N) is 8. The van der Waals surface area contributed by atoms with Crippen LogP contribution in [0.5, 0.6) is 11.8 Å². The number of hydrogen-bond acceptors (Lipinski definition) is 8. The number of piperazine rings is 1. The molecule has 2 atom stereocenters. The number of rotatable bonds is 9. The quantitative estimate of drug-likeness (QED) is 0.220. The maximum absolute atomic E-state index is 12.5. The van der Waals surface area contributed by atoms with Crippen molar-refractivity contribution in [2.45, 2.75) is 31.3 Å². The highest BCUT2D eigenvalue weighted by atomic mass is 16.5. The number of carbonyl (C=O) groups is 1. The standard InChI is InChI=1S/C32H36N8O3/c1-5-29(41)39-16-15-38(20-25(39)18-33-2)31-30-34-19-24(17-22-12-13-28(42-4)27-11-7-6-10-26(22)27)40(30)36-32(35-31)43-21-23-9-8-14-37(23)3/h5-7,10-13,19,23,25H,1,8-9,14-18,20-21H2,3-4H3/t23-,25-/m0/s1. The van der Waals surface area contributed by atoms with Gasteiger partial charge in [-0.25, -0.2) is 16.1 Å². The van der Waals surface area contributed by atoms with Crippen LogP contribution < -0.4 is 14.4 Å². The van der Waals surface area contributed by atoms with E-state index in [9.17, 15) is 4.79 Å². The number of amides is 1. The highest BCUT2D eigenvalue weighted by Crippen LogP contribution is 2.31. The molecule has 0 radical (unpaired) electrons. The van der Waals surface area contributed by atoms with Crippen molar-refractivity contribution in [1.82, 2.24) is 29.4 Å². The first-order valence-electron chi connectivity index (χ1n) is 14.6. The Morgan fingerprint density at radius 3 is 2.74 bits per heavy atom. The van der Waals surface area contributed by atoms with E-state index in [0.717, 1.165) is 47.2 Å². The van der Waals surface area contributed by atoms with Gasteiger partial charge in [-0.1, -0.05) is 36.9 Å². The van der Waals surface area contributed by atoms with Gasteiger partial charge >= 0.3 is 6.01 Å². The maximum Gasteiger partial charge on any atom is 0.336 e. The van der Waals surface area contributed by atoms with Crippen LogP contribution in [0, 0.1) is 6.57 Å². The fourth-order valence-electron chi connectivity index (χ4n) is 6.23. The van der Waals surface area contributed by atoms with E-state index in [4.69, 9.17) is 31.1 Å². The first-order valence-corrected chi connectivity index (χ1v) is 14.6. The zero-order valence-corrected chi connectivity index (χ0v) is 24.6. The molecule has 0 bridgehead atoms. The number of methoxy groups -OCH3 is 1. The summed E-state index contributed by atoms with van der Waals surface area (Å²) in [5.41, 5.74) is 2.64. The average Bonchev–Trinajstić information content (AvgIpc) is 3.64. The summed E-state index contributed by atoms with van der Waals surface area (Å²) in [6.07, 6.45) is 5.96. The van der Waals surface area contributed by atoms with Crippen molar-refractivity contribution in [2.75, 3.05) is 58.4 Å². The predicted molar refractivity (Wildman–Crippen MR) is 165 cm³/mol. The second-order valence-electron chi connectivity index (χ2n) is 11.1. The summed E-state index contributed by atoms with van der Waals surface area (Å²) < 4.78 is 13.7. The molecule has 0 unspecified atom stereocenters. The largest absolute Gasteiger partial charge is 0.496 e. The lowest BCUT2D eigenvalue weighted by Crippen LogP contribution is -2.56. The van der Waals surface area contributed by atoms with Gasteiger partial charge in [-0.2, -0.15) is 4.98 Å². The first-order chi connectivity index (χ1) is 21.0. The number of aromatic nitrogens is 4. The molecule has 6 rings (SSSR count). The molecule has 0 saturated carbocycles. The van der Waals surface area contributed by atoms with Crippen LogP contribution in [0.15, 0.2) is 55.3 Å². The van der Waals surface area contributed by atoms with Crippen molar-refractivity contribution in [3.8, 4) is 11.8 Å². The summed E-state index contributed by atoms with van der Waals surface area (Å²) in [6.45, 7) is 14.3. The number of hydrogen-bond donors (Lipinski definition) is 0. The van der Waals surface area contributed by atoms with Gasteiger partial charge in [0.15, 0.2) is 11.5 Å². The van der Waals surface area contributed by atoms with E-state index in [1.54, 1.807) is 12.0 Å². The van der Waals surface area contributed by atoms with Gasteiger partial charge in [-0.3, -0.25) is 4.79 Å². The minimum absolute atomic E-state index is 0.166. The normalized spacial score (nSPS) is 19.1. The zero-order chi connectivity index (χ0) is 29.9. The van der Waals surface area contributed by atoms with Gasteiger partial charge in [-0.15, -0.1) is 5.10 Å². The van der Waals surface area contributed by atoms with E-state index in [0.29, 0.717) is 50.2 Å². The van der Waals surface area contributed by atoms with Gasteiger partial charge in [0.1, 0.15) is 18.4 Å². The van der Waals surface area contributed by atoms with Crippen molar-refractivity contribution in [2.24, 2.45) is 0 Å². The molecule has 43 heavy (non-hydrogen) atoms. The summed E-state index contributed by atoms with van der Waals surface area (Å²) in [5.74, 6) is 1.30. The van der Waals surface area contributed by atoms with Crippen molar-refractivity contribution < 1.29 is 14.3 Å². The third-order valence-corrected chi connectivity index (χ3v) is 8.58. The van der Waals surface area contributed by atoms with Gasteiger partial charge in [-0.05, 0) is 49.5 Å². The smallest absolute Gasteiger partial charge is 0.336 e. The van der Waals surface area contributed by atoms with Crippen molar-refractivity contribution in [3.63, 3.8) is 0 Å². The number of likely N-dealkylation sites (tertiary alicyclic amines) is 1. The average molecular weight is 581 g/mol. The van der Waals surface area contributed by atoms with E-state index in [2.05, 4.69) is 46.5 Å². The SMILES string of the molecule is [C-]#[N+]C[C@H]1CN(c2nc(OC[C@@H]3CCCN3C)nn3c(Cc4ccc(OC)c5ccccc45)cnc23)CCN1C(=O)C=C. The second-order valence-corrected chi connectivity index (χ2v) is 11.1. The number of anilines is 1. The molecular formula is C32H36N8O3. The third-order valence-electron chi connectivity index (χ3n) is 8.58. The van der Waals surface area contributed by atoms with Gasteiger partial charge in [0, 0.05) is 37.5 Å². The molecule has 2 aromatic heterocycles. The topological polar surface area (TPSA) is 92.7 Å². The van der Waals surface area contributed by atoms with Crippen LogP contribution in [0.25, 0.3) is 21.3 Å². The monoisotopic (exact) mass is 580 g/mol. The molecule has 2 saturated heterocycles. The van der Waals surface area contributed by atoms with Crippen LogP contribution in [0.4, 0.5) is 5.82 Å². The summed E-state index contributed by atoms with van der Waals surface area (Å²) >= 11 is 0. The molecule has 2 aliphatic heterocycles. The number of likely N-dealkylation sites (N-methyl/N-ethyl adjacent to an activating group) is 1. The van der Waals surface area contributed by atoms with E-state index in [-0.39, 0.29) is 24.5 Å². The molecule has 2 fully saturated rings. The van der Waals surface area contributed by atoms with Crippen LogP contribution >= 0.6 is 0 Å². The molecule has 11 heteroatoms. The van der Waals surface area contributed by atoms with E-state index >= 15 is 0 Å². The Morgan fingerprint density at radius 2 is 2.00 bits per heavy atom. The number of fused-ring (bicyclic) bond motifs is 2. The van der Waals surface area contributed by atoms with Gasteiger partial charge < -0.3 is 29.0 Å². The van der Waals surface area contributed by atoms with Gasteiger partial charge in [0.05, 0.1) is 19.0 Å². The highest BCUT2D eigenvalue weighted by Gasteiger charge is 2.34. The molecule has 2 aromatic carbocycles. The zero-order valence-electron chi connectivity index (χ0n) is 24.6. The van der Waals surface area contributed by atoms with E-state index < -0.39 is 0 Å². The Kier molecular flexibility index (Phi) is 8.11. The Balaban J connectivity index is 1.38. The van der Waals surface area contributed by atoms with E-state index in [1.807, 2.05) is 28.9 Å². The lowest BCUT2D eigenvalue weighted by atomic mass is 10.0. The summed E-state index contributed by atoms with van der Waals surface area (Å²) in [4.78, 5) is 31.9.